The lowest BCUT2D eigenvalue weighted by molar-refractivity contribution is -0.00000372. The fraction of sp³-hybridized carbons (Fsp3) is 0.400. The highest BCUT2D eigenvalue weighted by atomic mass is 127. The lowest BCUT2D eigenvalue weighted by Crippen LogP contribution is -3.00. The van der Waals surface area contributed by atoms with Gasteiger partial charge in [0.15, 0.2) is 0 Å². The van der Waals surface area contributed by atoms with Crippen LogP contribution in [0.1, 0.15) is 5.56 Å². The lowest BCUT2D eigenvalue weighted by atomic mass is 10.2. The number of rotatable bonds is 2. The number of halogens is 1. The van der Waals surface area contributed by atoms with Crippen LogP contribution in [0.4, 0.5) is 5.69 Å². The Morgan fingerprint density at radius 2 is 1.54 bits per heavy atom. The molecule has 1 N–H and O–H groups in total. The molecular formula is C10H16INO. The van der Waals surface area contributed by atoms with Crippen LogP contribution >= 0.6 is 0 Å². The summed E-state index contributed by atoms with van der Waals surface area (Å²) in [5.41, 5.74) is 2.21. The molecule has 0 bridgehead atoms. The smallest absolute Gasteiger partial charge is 0.132 e. The van der Waals surface area contributed by atoms with Crippen molar-refractivity contribution in [1.82, 2.24) is 4.48 Å². The molecule has 0 spiro atoms. The molecule has 0 aliphatic carbocycles. The number of benzene rings is 1. The first kappa shape index (κ1) is 12.9. The summed E-state index contributed by atoms with van der Waals surface area (Å²) in [6, 6.07) is 8.01. The molecule has 74 valence electrons. The fourth-order valence-corrected chi connectivity index (χ4v) is 1.05. The second-order valence-corrected chi connectivity index (χ2v) is 3.84. The third-order valence-corrected chi connectivity index (χ3v) is 1.89. The van der Waals surface area contributed by atoms with E-state index < -0.39 is 0 Å². The summed E-state index contributed by atoms with van der Waals surface area (Å²) in [6.07, 6.45) is 0. The van der Waals surface area contributed by atoms with Crippen molar-refractivity contribution < 1.29 is 29.1 Å². The van der Waals surface area contributed by atoms with Gasteiger partial charge in [-0.3, -0.25) is 4.48 Å². The highest BCUT2D eigenvalue weighted by Crippen LogP contribution is 2.16. The Morgan fingerprint density at radius 1 is 1.08 bits per heavy atom. The van der Waals surface area contributed by atoms with E-state index in [1.807, 2.05) is 24.3 Å². The Bertz CT molecular complexity index is 251. The van der Waals surface area contributed by atoms with Gasteiger partial charge in [-0.05, 0) is 17.7 Å². The molecule has 1 aromatic carbocycles. The molecule has 0 radical (unpaired) electrons. The summed E-state index contributed by atoms with van der Waals surface area (Å²) in [6.45, 7) is 0.122. The molecule has 0 amide bonds. The van der Waals surface area contributed by atoms with Gasteiger partial charge in [0.05, 0.1) is 27.7 Å². The maximum atomic E-state index is 8.83. The molecule has 0 aliphatic heterocycles. The maximum absolute atomic E-state index is 8.83. The summed E-state index contributed by atoms with van der Waals surface area (Å²) < 4.78 is 0.811. The van der Waals surface area contributed by atoms with Gasteiger partial charge in [-0.2, -0.15) is 0 Å². The highest BCUT2D eigenvalue weighted by molar-refractivity contribution is 5.42. The molecule has 1 aromatic rings. The van der Waals surface area contributed by atoms with Gasteiger partial charge in [-0.1, -0.05) is 12.1 Å². The van der Waals surface area contributed by atoms with Crippen LogP contribution in [-0.4, -0.2) is 26.2 Å². The predicted molar refractivity (Wildman–Crippen MR) is 51.9 cm³/mol. The molecular weight excluding hydrogens is 277 g/mol. The van der Waals surface area contributed by atoms with E-state index in [1.165, 1.54) is 5.69 Å². The van der Waals surface area contributed by atoms with Crippen LogP contribution < -0.4 is 28.5 Å². The third-order valence-electron chi connectivity index (χ3n) is 1.89. The van der Waals surface area contributed by atoms with Crippen molar-refractivity contribution in [2.45, 2.75) is 6.61 Å². The van der Waals surface area contributed by atoms with Crippen LogP contribution in [0.15, 0.2) is 24.3 Å². The van der Waals surface area contributed by atoms with Crippen molar-refractivity contribution in [3.63, 3.8) is 0 Å². The summed E-state index contributed by atoms with van der Waals surface area (Å²) in [5.74, 6) is 0. The monoisotopic (exact) mass is 293 g/mol. The Balaban J connectivity index is 0.00000144. The van der Waals surface area contributed by atoms with Crippen LogP contribution in [0.5, 0.6) is 0 Å². The number of aliphatic hydroxyl groups is 1. The van der Waals surface area contributed by atoms with Gasteiger partial charge in [-0.25, -0.2) is 0 Å². The number of aliphatic hydroxyl groups excluding tert-OH is 1. The van der Waals surface area contributed by atoms with E-state index >= 15 is 0 Å². The molecule has 0 saturated carbocycles. The molecule has 0 aliphatic rings. The van der Waals surface area contributed by atoms with Gasteiger partial charge < -0.3 is 29.1 Å². The standard InChI is InChI=1S/C10H16NO.HI/c1-11(2,3)10-6-4-9(8-12)5-7-10;/h4-7,12H,8H2,1-3H3;1H/q+1;/p-1. The summed E-state index contributed by atoms with van der Waals surface area (Å²) >= 11 is 0. The Kier molecular flexibility index (Phi) is 4.88. The highest BCUT2D eigenvalue weighted by Gasteiger charge is 2.10. The molecule has 0 unspecified atom stereocenters. The van der Waals surface area contributed by atoms with Crippen molar-refractivity contribution in [3.05, 3.63) is 29.8 Å². The van der Waals surface area contributed by atoms with Crippen LogP contribution in [0.2, 0.25) is 0 Å². The largest absolute Gasteiger partial charge is 1.00 e. The first-order chi connectivity index (χ1) is 5.54. The number of hydrogen-bond acceptors (Lipinski definition) is 1. The SMILES string of the molecule is C[N+](C)(C)c1ccc(CO)cc1.[I-]. The van der Waals surface area contributed by atoms with E-state index in [1.54, 1.807) is 0 Å². The topological polar surface area (TPSA) is 20.2 Å². The maximum Gasteiger partial charge on any atom is 0.132 e. The van der Waals surface area contributed by atoms with Crippen molar-refractivity contribution in [2.75, 3.05) is 21.1 Å². The quantitative estimate of drug-likeness (QED) is 0.513. The number of nitrogens with zero attached hydrogens (tertiary/aromatic N) is 1. The van der Waals surface area contributed by atoms with E-state index in [4.69, 9.17) is 5.11 Å². The Hall–Kier alpha value is -0.130. The molecule has 0 fully saturated rings. The minimum Gasteiger partial charge on any atom is -1.00 e. The third kappa shape index (κ3) is 3.62. The zero-order valence-corrected chi connectivity index (χ0v) is 10.4. The minimum atomic E-state index is 0. The molecule has 0 atom stereocenters. The van der Waals surface area contributed by atoms with E-state index in [9.17, 15) is 0 Å². The fourth-order valence-electron chi connectivity index (χ4n) is 1.05. The summed E-state index contributed by atoms with van der Waals surface area (Å²) in [5, 5.41) is 8.83. The van der Waals surface area contributed by atoms with Gasteiger partial charge in [0.1, 0.15) is 5.69 Å². The first-order valence-corrected chi connectivity index (χ1v) is 4.06. The molecule has 3 heteroatoms. The van der Waals surface area contributed by atoms with Crippen LogP contribution in [0, 0.1) is 0 Å². The average Bonchev–Trinajstić information content (AvgIpc) is 2.03. The zero-order valence-electron chi connectivity index (χ0n) is 8.29. The van der Waals surface area contributed by atoms with E-state index in [0.717, 1.165) is 10.0 Å². The Morgan fingerprint density at radius 3 is 1.85 bits per heavy atom. The second-order valence-electron chi connectivity index (χ2n) is 3.84. The lowest BCUT2D eigenvalue weighted by Gasteiger charge is -2.23. The molecule has 0 heterocycles. The van der Waals surface area contributed by atoms with Crippen LogP contribution in [0.3, 0.4) is 0 Å². The van der Waals surface area contributed by atoms with Crippen LogP contribution in [-0.2, 0) is 6.61 Å². The van der Waals surface area contributed by atoms with Gasteiger partial charge in [-0.15, -0.1) is 0 Å². The molecule has 0 aromatic heterocycles. The van der Waals surface area contributed by atoms with Crippen molar-refractivity contribution in [1.29, 1.82) is 0 Å². The van der Waals surface area contributed by atoms with E-state index in [-0.39, 0.29) is 30.6 Å². The predicted octanol–water partition coefficient (Wildman–Crippen LogP) is -1.62. The van der Waals surface area contributed by atoms with Gasteiger partial charge in [0.2, 0.25) is 0 Å². The molecule has 0 saturated heterocycles. The normalized spacial score (nSPS) is 10.8. The summed E-state index contributed by atoms with van der Waals surface area (Å²) in [4.78, 5) is 0. The van der Waals surface area contributed by atoms with Crippen molar-refractivity contribution in [3.8, 4) is 0 Å². The van der Waals surface area contributed by atoms with Gasteiger partial charge >= 0.3 is 0 Å². The van der Waals surface area contributed by atoms with Gasteiger partial charge in [0.25, 0.3) is 0 Å². The second kappa shape index (κ2) is 4.93. The van der Waals surface area contributed by atoms with Crippen LogP contribution in [0.25, 0.3) is 0 Å². The summed E-state index contributed by atoms with van der Waals surface area (Å²) in [7, 11) is 6.36. The Labute approximate surface area is 96.8 Å². The number of quaternary nitrogens is 1. The van der Waals surface area contributed by atoms with Gasteiger partial charge in [0, 0.05) is 0 Å². The molecule has 2 nitrogen and oxygen atoms in total. The van der Waals surface area contributed by atoms with Crippen molar-refractivity contribution >= 4 is 5.69 Å². The number of hydrogen-bond donors (Lipinski definition) is 1. The van der Waals surface area contributed by atoms with E-state index in [0.29, 0.717) is 0 Å². The first-order valence-electron chi connectivity index (χ1n) is 4.06. The zero-order chi connectivity index (χ0) is 9.19. The minimum absolute atomic E-state index is 0. The molecule has 1 rings (SSSR count). The van der Waals surface area contributed by atoms with Crippen molar-refractivity contribution in [2.24, 2.45) is 0 Å². The van der Waals surface area contributed by atoms with E-state index in [2.05, 4.69) is 21.1 Å². The molecule has 13 heavy (non-hydrogen) atoms. The average molecular weight is 293 g/mol.